The molecule has 0 saturated carbocycles. The van der Waals surface area contributed by atoms with Gasteiger partial charge < -0.3 is 9.47 Å². The molecule has 1 unspecified atom stereocenters. The number of ether oxygens (including phenoxy) is 2. The summed E-state index contributed by atoms with van der Waals surface area (Å²) in [5.41, 5.74) is 5.00. The first kappa shape index (κ1) is 9.58. The molecule has 1 aliphatic rings. The van der Waals surface area contributed by atoms with E-state index in [-0.39, 0.29) is 0 Å². The van der Waals surface area contributed by atoms with E-state index >= 15 is 0 Å². The molecule has 4 heteroatoms. The van der Waals surface area contributed by atoms with Gasteiger partial charge in [-0.15, -0.1) is 0 Å². The molecule has 0 aromatic carbocycles. The summed E-state index contributed by atoms with van der Waals surface area (Å²) in [6.07, 6.45) is 4.03. The molecule has 0 aromatic heterocycles. The van der Waals surface area contributed by atoms with Crippen molar-refractivity contribution in [3.05, 3.63) is 22.9 Å². The molecule has 0 spiro atoms. The van der Waals surface area contributed by atoms with E-state index in [9.17, 15) is 0 Å². The van der Waals surface area contributed by atoms with E-state index in [0.717, 1.165) is 0 Å². The quantitative estimate of drug-likeness (QED) is 0.667. The van der Waals surface area contributed by atoms with Crippen LogP contribution in [-0.2, 0) is 9.47 Å². The third-order valence-corrected chi connectivity index (χ3v) is 2.11. The fourth-order valence-corrected chi connectivity index (χ4v) is 1.36. The summed E-state index contributed by atoms with van der Waals surface area (Å²) in [6.45, 7) is 0. The summed E-state index contributed by atoms with van der Waals surface area (Å²) in [7, 11) is 3.12. The van der Waals surface area contributed by atoms with E-state index in [4.69, 9.17) is 26.8 Å². The molecule has 0 saturated heterocycles. The van der Waals surface area contributed by atoms with Crippen LogP contribution in [0.2, 0.25) is 0 Å². The minimum atomic E-state index is -0.779. The summed E-state index contributed by atoms with van der Waals surface area (Å²) in [4.78, 5) is 0. The maximum absolute atomic E-state index is 5.85. The number of hydrogen-bond donors (Lipinski definition) is 1. The van der Waals surface area contributed by atoms with Crippen molar-refractivity contribution in [1.29, 1.82) is 0 Å². The number of methoxy groups -OCH3 is 2. The average Bonchev–Trinajstić information content (AvgIpc) is 2.05. The van der Waals surface area contributed by atoms with Crippen LogP contribution in [0.1, 0.15) is 6.42 Å². The van der Waals surface area contributed by atoms with Crippen molar-refractivity contribution in [2.45, 2.75) is 12.1 Å². The minimum Gasteiger partial charge on any atom is -0.496 e. The SMILES string of the molecule is COC1=CCC(N)(OC)C=C1Cl. The van der Waals surface area contributed by atoms with Gasteiger partial charge in [0, 0.05) is 13.5 Å². The van der Waals surface area contributed by atoms with Crippen LogP contribution in [0.5, 0.6) is 0 Å². The summed E-state index contributed by atoms with van der Waals surface area (Å²) < 4.78 is 10.0. The van der Waals surface area contributed by atoms with Crippen molar-refractivity contribution in [3.63, 3.8) is 0 Å². The van der Waals surface area contributed by atoms with E-state index in [1.54, 1.807) is 20.3 Å². The summed E-state index contributed by atoms with van der Waals surface area (Å²) >= 11 is 5.85. The molecular weight excluding hydrogens is 178 g/mol. The van der Waals surface area contributed by atoms with Crippen molar-refractivity contribution in [3.8, 4) is 0 Å². The lowest BCUT2D eigenvalue weighted by Gasteiger charge is -2.26. The van der Waals surface area contributed by atoms with E-state index < -0.39 is 5.72 Å². The van der Waals surface area contributed by atoms with Gasteiger partial charge in [-0.1, -0.05) is 11.6 Å². The average molecular weight is 190 g/mol. The van der Waals surface area contributed by atoms with Gasteiger partial charge in [-0.2, -0.15) is 0 Å². The van der Waals surface area contributed by atoms with Gasteiger partial charge in [-0.3, -0.25) is 5.73 Å². The molecule has 3 nitrogen and oxygen atoms in total. The monoisotopic (exact) mass is 189 g/mol. The first-order chi connectivity index (χ1) is 5.61. The zero-order valence-electron chi connectivity index (χ0n) is 7.13. The lowest BCUT2D eigenvalue weighted by Crippen LogP contribution is -2.40. The Kier molecular flexibility index (Phi) is 2.77. The predicted molar refractivity (Wildman–Crippen MR) is 47.6 cm³/mol. The second-order valence-electron chi connectivity index (χ2n) is 2.63. The highest BCUT2D eigenvalue weighted by molar-refractivity contribution is 6.31. The molecule has 0 radical (unpaired) electrons. The molecule has 1 aliphatic carbocycles. The number of allylic oxidation sites excluding steroid dienone is 1. The molecule has 0 fully saturated rings. The van der Waals surface area contributed by atoms with Gasteiger partial charge in [-0.05, 0) is 12.2 Å². The molecule has 12 heavy (non-hydrogen) atoms. The van der Waals surface area contributed by atoms with Gasteiger partial charge in [-0.25, -0.2) is 0 Å². The summed E-state index contributed by atoms with van der Waals surface area (Å²) in [5.74, 6) is 0.648. The standard InChI is InChI=1S/C8H12ClNO2/c1-11-7-3-4-8(10,12-2)5-6(7)9/h3,5H,4,10H2,1-2H3. The van der Waals surface area contributed by atoms with Crippen LogP contribution in [0, 0.1) is 0 Å². The van der Waals surface area contributed by atoms with Gasteiger partial charge in [0.15, 0.2) is 0 Å². The Morgan fingerprint density at radius 1 is 1.58 bits per heavy atom. The zero-order valence-corrected chi connectivity index (χ0v) is 7.89. The highest BCUT2D eigenvalue weighted by Crippen LogP contribution is 2.27. The van der Waals surface area contributed by atoms with E-state index in [1.807, 2.05) is 6.08 Å². The number of rotatable bonds is 2. The Bertz CT molecular complexity index is 237. The Morgan fingerprint density at radius 2 is 2.25 bits per heavy atom. The Hall–Kier alpha value is -0.510. The lowest BCUT2D eigenvalue weighted by molar-refractivity contribution is 0.0374. The second-order valence-corrected chi connectivity index (χ2v) is 3.04. The molecule has 0 bridgehead atoms. The van der Waals surface area contributed by atoms with E-state index in [1.165, 1.54) is 0 Å². The predicted octanol–water partition coefficient (Wildman–Crippen LogP) is 1.34. The van der Waals surface area contributed by atoms with Crippen LogP contribution in [-0.4, -0.2) is 19.9 Å². The van der Waals surface area contributed by atoms with Crippen molar-refractivity contribution < 1.29 is 9.47 Å². The van der Waals surface area contributed by atoms with Crippen LogP contribution in [0.3, 0.4) is 0 Å². The van der Waals surface area contributed by atoms with E-state index in [0.29, 0.717) is 17.2 Å². The molecule has 2 N–H and O–H groups in total. The summed E-state index contributed by atoms with van der Waals surface area (Å²) in [5, 5.41) is 0.494. The van der Waals surface area contributed by atoms with Gasteiger partial charge in [0.05, 0.1) is 12.1 Å². The van der Waals surface area contributed by atoms with Gasteiger partial charge in [0.25, 0.3) is 0 Å². The van der Waals surface area contributed by atoms with Crippen molar-refractivity contribution in [2.75, 3.05) is 14.2 Å². The van der Waals surface area contributed by atoms with Crippen molar-refractivity contribution in [2.24, 2.45) is 5.73 Å². The molecule has 68 valence electrons. The lowest BCUT2D eigenvalue weighted by atomic mass is 10.0. The second kappa shape index (κ2) is 3.47. The molecule has 1 rings (SSSR count). The molecule has 0 heterocycles. The Labute approximate surface area is 76.8 Å². The van der Waals surface area contributed by atoms with Crippen LogP contribution in [0.25, 0.3) is 0 Å². The smallest absolute Gasteiger partial charge is 0.140 e. The van der Waals surface area contributed by atoms with E-state index in [2.05, 4.69) is 0 Å². The molecular formula is C8H12ClNO2. The number of hydrogen-bond acceptors (Lipinski definition) is 3. The molecule has 0 amide bonds. The third kappa shape index (κ3) is 1.80. The van der Waals surface area contributed by atoms with Gasteiger partial charge >= 0.3 is 0 Å². The van der Waals surface area contributed by atoms with Gasteiger partial charge in [0.2, 0.25) is 0 Å². The van der Waals surface area contributed by atoms with Crippen LogP contribution >= 0.6 is 11.6 Å². The molecule has 0 aromatic rings. The number of nitrogens with two attached hydrogens (primary N) is 1. The highest BCUT2D eigenvalue weighted by Gasteiger charge is 2.26. The zero-order chi connectivity index (χ0) is 9.19. The largest absolute Gasteiger partial charge is 0.496 e. The van der Waals surface area contributed by atoms with Crippen molar-refractivity contribution in [1.82, 2.24) is 0 Å². The molecule has 1 atom stereocenters. The van der Waals surface area contributed by atoms with Crippen molar-refractivity contribution >= 4 is 11.6 Å². The highest BCUT2D eigenvalue weighted by atomic mass is 35.5. The number of halogens is 1. The minimum absolute atomic E-state index is 0.494. The topological polar surface area (TPSA) is 44.5 Å². The Morgan fingerprint density at radius 3 is 2.67 bits per heavy atom. The molecule has 0 aliphatic heterocycles. The maximum atomic E-state index is 5.85. The van der Waals surface area contributed by atoms with Crippen LogP contribution < -0.4 is 5.73 Å². The van der Waals surface area contributed by atoms with Gasteiger partial charge in [0.1, 0.15) is 11.5 Å². The van der Waals surface area contributed by atoms with Crippen LogP contribution in [0.4, 0.5) is 0 Å². The normalized spacial score (nSPS) is 29.3. The fourth-order valence-electron chi connectivity index (χ4n) is 1.02. The van der Waals surface area contributed by atoms with Crippen LogP contribution in [0.15, 0.2) is 22.9 Å². The summed E-state index contributed by atoms with van der Waals surface area (Å²) in [6, 6.07) is 0. The first-order valence-corrected chi connectivity index (χ1v) is 3.96. The fraction of sp³-hybridized carbons (Fsp3) is 0.500. The first-order valence-electron chi connectivity index (χ1n) is 3.58. The third-order valence-electron chi connectivity index (χ3n) is 1.81. The Balaban J connectivity index is 2.82. The maximum Gasteiger partial charge on any atom is 0.140 e.